The average molecular weight is 202 g/mol. The molecule has 2 unspecified atom stereocenters. The van der Waals surface area contributed by atoms with E-state index in [2.05, 4.69) is 32.2 Å². The molecule has 0 radical (unpaired) electrons. The number of anilines is 1. The third-order valence-electron chi connectivity index (χ3n) is 2.91. The minimum Gasteiger partial charge on any atom is -0.382 e. The van der Waals surface area contributed by atoms with Crippen LogP contribution >= 0.6 is 0 Å². The van der Waals surface area contributed by atoms with Gasteiger partial charge in [-0.1, -0.05) is 20.3 Å². The fourth-order valence-corrected chi connectivity index (χ4v) is 1.40. The van der Waals surface area contributed by atoms with Crippen molar-refractivity contribution >= 4 is 5.69 Å². The topological polar surface area (TPSA) is 35.8 Å². The fourth-order valence-electron chi connectivity index (χ4n) is 1.40. The molecule has 0 aliphatic carbocycles. The van der Waals surface area contributed by atoms with Gasteiger partial charge in [0.2, 0.25) is 0 Å². The van der Waals surface area contributed by atoms with E-state index in [0.717, 1.165) is 5.69 Å². The van der Waals surface area contributed by atoms with Crippen molar-refractivity contribution in [2.24, 2.45) is 5.92 Å². The smallest absolute Gasteiger partial charge is 0.0991 e. The molecule has 0 fully saturated rings. The van der Waals surface area contributed by atoms with Crippen molar-refractivity contribution in [1.29, 1.82) is 5.26 Å². The Bertz CT molecular complexity index is 335. The van der Waals surface area contributed by atoms with Crippen LogP contribution in [0.2, 0.25) is 0 Å². The summed E-state index contributed by atoms with van der Waals surface area (Å²) >= 11 is 0. The summed E-state index contributed by atoms with van der Waals surface area (Å²) in [4.78, 5) is 0. The normalized spacial score (nSPS) is 14.0. The summed E-state index contributed by atoms with van der Waals surface area (Å²) in [7, 11) is 0. The van der Waals surface area contributed by atoms with Crippen LogP contribution in [0.15, 0.2) is 24.3 Å². The van der Waals surface area contributed by atoms with Crippen molar-refractivity contribution in [3.8, 4) is 6.07 Å². The van der Waals surface area contributed by atoms with Gasteiger partial charge in [-0.15, -0.1) is 0 Å². The van der Waals surface area contributed by atoms with Crippen LogP contribution in [0.1, 0.15) is 32.8 Å². The second kappa shape index (κ2) is 5.41. The predicted octanol–water partition coefficient (Wildman–Crippen LogP) is 3.40. The minimum absolute atomic E-state index is 0.461. The highest BCUT2D eigenvalue weighted by molar-refractivity contribution is 5.47. The molecule has 80 valence electrons. The monoisotopic (exact) mass is 202 g/mol. The van der Waals surface area contributed by atoms with E-state index in [1.54, 1.807) is 0 Å². The summed E-state index contributed by atoms with van der Waals surface area (Å²) in [6.45, 7) is 6.62. The van der Waals surface area contributed by atoms with Crippen LogP contribution in [-0.2, 0) is 0 Å². The van der Waals surface area contributed by atoms with Gasteiger partial charge in [-0.2, -0.15) is 5.26 Å². The van der Waals surface area contributed by atoms with Gasteiger partial charge in [0.25, 0.3) is 0 Å². The summed E-state index contributed by atoms with van der Waals surface area (Å²) in [5, 5.41) is 12.1. The third-order valence-corrected chi connectivity index (χ3v) is 2.91. The molecule has 0 heterocycles. The standard InChI is InChI=1S/C13H18N2/c1-4-10(2)11(3)15-13-7-5-12(9-14)6-8-13/h5-8,10-11,15H,4H2,1-3H3. The Hall–Kier alpha value is -1.49. The molecule has 1 N–H and O–H groups in total. The number of hydrogen-bond donors (Lipinski definition) is 1. The molecule has 0 spiro atoms. The van der Waals surface area contributed by atoms with E-state index < -0.39 is 0 Å². The number of rotatable bonds is 4. The first-order valence-electron chi connectivity index (χ1n) is 5.44. The van der Waals surface area contributed by atoms with Crippen molar-refractivity contribution in [3.63, 3.8) is 0 Å². The van der Waals surface area contributed by atoms with Crippen LogP contribution in [-0.4, -0.2) is 6.04 Å². The van der Waals surface area contributed by atoms with Crippen molar-refractivity contribution in [2.45, 2.75) is 33.2 Å². The molecule has 1 aromatic carbocycles. The van der Waals surface area contributed by atoms with Gasteiger partial charge in [0.05, 0.1) is 11.6 Å². The van der Waals surface area contributed by atoms with E-state index in [1.807, 2.05) is 24.3 Å². The van der Waals surface area contributed by atoms with Crippen molar-refractivity contribution in [1.82, 2.24) is 0 Å². The van der Waals surface area contributed by atoms with Gasteiger partial charge >= 0.3 is 0 Å². The van der Waals surface area contributed by atoms with Crippen molar-refractivity contribution in [2.75, 3.05) is 5.32 Å². The zero-order valence-electron chi connectivity index (χ0n) is 9.62. The molecule has 2 heteroatoms. The Morgan fingerprint density at radius 2 is 1.87 bits per heavy atom. The second-order valence-corrected chi connectivity index (χ2v) is 4.01. The second-order valence-electron chi connectivity index (χ2n) is 4.01. The van der Waals surface area contributed by atoms with Crippen molar-refractivity contribution in [3.05, 3.63) is 29.8 Å². The Morgan fingerprint density at radius 3 is 2.33 bits per heavy atom. The Balaban J connectivity index is 2.61. The Labute approximate surface area is 91.9 Å². The number of benzene rings is 1. The van der Waals surface area contributed by atoms with Crippen LogP contribution in [0, 0.1) is 17.2 Å². The first-order valence-corrected chi connectivity index (χ1v) is 5.44. The SMILES string of the molecule is CCC(C)C(C)Nc1ccc(C#N)cc1. The summed E-state index contributed by atoms with van der Waals surface area (Å²) < 4.78 is 0. The molecule has 1 aromatic rings. The summed E-state index contributed by atoms with van der Waals surface area (Å²) in [5.74, 6) is 0.653. The highest BCUT2D eigenvalue weighted by Gasteiger charge is 2.09. The van der Waals surface area contributed by atoms with Gasteiger partial charge in [-0.05, 0) is 37.1 Å². The average Bonchev–Trinajstić information content (AvgIpc) is 2.29. The van der Waals surface area contributed by atoms with E-state index in [0.29, 0.717) is 17.5 Å². The van der Waals surface area contributed by atoms with E-state index in [-0.39, 0.29) is 0 Å². The van der Waals surface area contributed by atoms with Crippen LogP contribution < -0.4 is 5.32 Å². The van der Waals surface area contributed by atoms with E-state index in [1.165, 1.54) is 6.42 Å². The lowest BCUT2D eigenvalue weighted by molar-refractivity contribution is 0.494. The largest absolute Gasteiger partial charge is 0.382 e. The number of nitrogens with one attached hydrogen (secondary N) is 1. The maximum atomic E-state index is 8.67. The van der Waals surface area contributed by atoms with Gasteiger partial charge in [0.1, 0.15) is 0 Å². The van der Waals surface area contributed by atoms with Crippen LogP contribution in [0.4, 0.5) is 5.69 Å². The molecule has 0 saturated carbocycles. The van der Waals surface area contributed by atoms with Gasteiger partial charge in [-0.3, -0.25) is 0 Å². The molecule has 0 aromatic heterocycles. The van der Waals surface area contributed by atoms with Gasteiger partial charge in [0, 0.05) is 11.7 Å². The van der Waals surface area contributed by atoms with E-state index >= 15 is 0 Å². The quantitative estimate of drug-likeness (QED) is 0.812. The Morgan fingerprint density at radius 1 is 1.27 bits per heavy atom. The molecule has 0 aliphatic rings. The first-order chi connectivity index (χ1) is 7.17. The summed E-state index contributed by atoms with van der Waals surface area (Å²) in [5.41, 5.74) is 1.79. The number of hydrogen-bond acceptors (Lipinski definition) is 2. The molecule has 0 bridgehead atoms. The molecular formula is C13H18N2. The van der Waals surface area contributed by atoms with Gasteiger partial charge < -0.3 is 5.32 Å². The van der Waals surface area contributed by atoms with Gasteiger partial charge in [-0.25, -0.2) is 0 Å². The molecular weight excluding hydrogens is 184 g/mol. The van der Waals surface area contributed by atoms with Crippen molar-refractivity contribution < 1.29 is 0 Å². The lowest BCUT2D eigenvalue weighted by Crippen LogP contribution is -2.23. The van der Waals surface area contributed by atoms with Crippen LogP contribution in [0.25, 0.3) is 0 Å². The minimum atomic E-state index is 0.461. The molecule has 15 heavy (non-hydrogen) atoms. The fraction of sp³-hybridized carbons (Fsp3) is 0.462. The predicted molar refractivity (Wildman–Crippen MR) is 63.7 cm³/mol. The lowest BCUT2D eigenvalue weighted by Gasteiger charge is -2.21. The zero-order chi connectivity index (χ0) is 11.3. The first kappa shape index (κ1) is 11.6. The molecule has 2 atom stereocenters. The van der Waals surface area contributed by atoms with E-state index in [9.17, 15) is 0 Å². The van der Waals surface area contributed by atoms with Crippen LogP contribution in [0.5, 0.6) is 0 Å². The van der Waals surface area contributed by atoms with Crippen LogP contribution in [0.3, 0.4) is 0 Å². The highest BCUT2D eigenvalue weighted by Crippen LogP contribution is 2.15. The lowest BCUT2D eigenvalue weighted by atomic mass is 10.0. The molecule has 1 rings (SSSR count). The highest BCUT2D eigenvalue weighted by atomic mass is 14.9. The zero-order valence-corrected chi connectivity index (χ0v) is 9.62. The third kappa shape index (κ3) is 3.28. The summed E-state index contributed by atoms with van der Waals surface area (Å²) in [6, 6.07) is 10.2. The number of nitriles is 1. The molecule has 0 amide bonds. The molecule has 0 saturated heterocycles. The number of nitrogens with zero attached hydrogens (tertiary/aromatic N) is 1. The summed E-state index contributed by atoms with van der Waals surface area (Å²) in [6.07, 6.45) is 1.17. The molecule has 2 nitrogen and oxygen atoms in total. The maximum Gasteiger partial charge on any atom is 0.0991 e. The van der Waals surface area contributed by atoms with Gasteiger partial charge in [0.15, 0.2) is 0 Å². The maximum absolute atomic E-state index is 8.67. The van der Waals surface area contributed by atoms with E-state index in [4.69, 9.17) is 5.26 Å². The Kier molecular flexibility index (Phi) is 4.17. The molecule has 0 aliphatic heterocycles.